The second-order valence-electron chi connectivity index (χ2n) is 5.94. The van der Waals surface area contributed by atoms with Gasteiger partial charge in [-0.15, -0.1) is 0 Å². The van der Waals surface area contributed by atoms with Crippen LogP contribution in [0.4, 0.5) is 4.79 Å². The molecule has 2 amide bonds. The summed E-state index contributed by atoms with van der Waals surface area (Å²) in [5, 5.41) is 15.8. The van der Waals surface area contributed by atoms with E-state index in [2.05, 4.69) is 22.8 Å². The monoisotopic (exact) mass is 274 g/mol. The van der Waals surface area contributed by atoms with E-state index >= 15 is 0 Å². The molecule has 3 N–H and O–H groups in total. The highest BCUT2D eigenvalue weighted by atomic mass is 16.3. The maximum Gasteiger partial charge on any atom is 0.315 e. The van der Waals surface area contributed by atoms with Crippen LogP contribution in [0, 0.1) is 0 Å². The van der Waals surface area contributed by atoms with Crippen molar-refractivity contribution in [2.75, 3.05) is 0 Å². The maximum atomic E-state index is 12.0. The van der Waals surface area contributed by atoms with Gasteiger partial charge in [0, 0.05) is 12.0 Å². The molecule has 3 rings (SSSR count). The number of rotatable bonds is 3. The van der Waals surface area contributed by atoms with Gasteiger partial charge in [-0.05, 0) is 24.8 Å². The van der Waals surface area contributed by atoms with E-state index in [1.807, 2.05) is 18.2 Å². The lowest BCUT2D eigenvalue weighted by molar-refractivity contribution is 0.0943. The van der Waals surface area contributed by atoms with Crippen molar-refractivity contribution in [1.82, 2.24) is 10.6 Å². The van der Waals surface area contributed by atoms with Gasteiger partial charge in [0.2, 0.25) is 0 Å². The van der Waals surface area contributed by atoms with Gasteiger partial charge in [-0.1, -0.05) is 43.2 Å². The first-order valence-electron chi connectivity index (χ1n) is 7.54. The highest BCUT2D eigenvalue weighted by Gasteiger charge is 2.39. The van der Waals surface area contributed by atoms with Gasteiger partial charge in [-0.25, -0.2) is 4.79 Å². The molecule has 4 nitrogen and oxygen atoms in total. The van der Waals surface area contributed by atoms with Crippen LogP contribution >= 0.6 is 0 Å². The second kappa shape index (κ2) is 5.83. The summed E-state index contributed by atoms with van der Waals surface area (Å²) < 4.78 is 0. The third-order valence-electron chi connectivity index (χ3n) is 4.38. The summed E-state index contributed by atoms with van der Waals surface area (Å²) in [7, 11) is 0. The van der Waals surface area contributed by atoms with E-state index < -0.39 is 6.10 Å². The summed E-state index contributed by atoms with van der Waals surface area (Å²) in [6.07, 6.45) is 4.42. The summed E-state index contributed by atoms with van der Waals surface area (Å²) >= 11 is 0. The molecule has 4 heteroatoms. The Morgan fingerprint density at radius 1 is 1.05 bits per heavy atom. The number of carbonyl (C=O) groups is 1. The van der Waals surface area contributed by atoms with E-state index in [0.29, 0.717) is 5.92 Å². The molecule has 0 heterocycles. The molecule has 1 aromatic rings. The van der Waals surface area contributed by atoms with E-state index in [-0.39, 0.29) is 18.1 Å². The highest BCUT2D eigenvalue weighted by molar-refractivity contribution is 5.75. The van der Waals surface area contributed by atoms with Crippen molar-refractivity contribution in [3.63, 3.8) is 0 Å². The largest absolute Gasteiger partial charge is 0.391 e. The van der Waals surface area contributed by atoms with Crippen molar-refractivity contribution in [1.29, 1.82) is 0 Å². The van der Waals surface area contributed by atoms with Crippen LogP contribution in [-0.4, -0.2) is 29.3 Å². The van der Waals surface area contributed by atoms with Crippen LogP contribution in [0.2, 0.25) is 0 Å². The molecule has 1 aromatic carbocycles. The topological polar surface area (TPSA) is 61.4 Å². The van der Waals surface area contributed by atoms with Crippen molar-refractivity contribution in [3.05, 3.63) is 35.9 Å². The Morgan fingerprint density at radius 2 is 1.75 bits per heavy atom. The number of nitrogens with one attached hydrogen (secondary N) is 2. The van der Waals surface area contributed by atoms with Gasteiger partial charge in [0.15, 0.2) is 0 Å². The molecule has 4 unspecified atom stereocenters. The molecule has 4 atom stereocenters. The minimum atomic E-state index is -0.390. The van der Waals surface area contributed by atoms with Gasteiger partial charge in [0.25, 0.3) is 0 Å². The average molecular weight is 274 g/mol. The zero-order valence-electron chi connectivity index (χ0n) is 11.6. The number of urea groups is 1. The predicted octanol–water partition coefficient (Wildman–Crippen LogP) is 2.15. The van der Waals surface area contributed by atoms with Gasteiger partial charge in [-0.2, -0.15) is 0 Å². The molecule has 0 aliphatic heterocycles. The number of carbonyl (C=O) groups excluding carboxylic acids is 1. The maximum absolute atomic E-state index is 12.0. The van der Waals surface area contributed by atoms with Crippen LogP contribution in [-0.2, 0) is 0 Å². The van der Waals surface area contributed by atoms with Crippen molar-refractivity contribution < 1.29 is 9.90 Å². The highest BCUT2D eigenvalue weighted by Crippen LogP contribution is 2.40. The van der Waals surface area contributed by atoms with E-state index in [9.17, 15) is 9.90 Å². The molecule has 20 heavy (non-hydrogen) atoms. The van der Waals surface area contributed by atoms with Gasteiger partial charge in [-0.3, -0.25) is 0 Å². The van der Waals surface area contributed by atoms with E-state index in [4.69, 9.17) is 0 Å². The number of hydrogen-bond donors (Lipinski definition) is 3. The fraction of sp³-hybridized carbons (Fsp3) is 0.562. The summed E-state index contributed by atoms with van der Waals surface area (Å²) in [5.41, 5.74) is 1.29. The van der Waals surface area contributed by atoms with Crippen LogP contribution in [0.25, 0.3) is 0 Å². The lowest BCUT2D eigenvalue weighted by Gasteiger charge is -2.28. The molecule has 0 bridgehead atoms. The minimum Gasteiger partial charge on any atom is -0.391 e. The van der Waals surface area contributed by atoms with Gasteiger partial charge in [0.1, 0.15) is 0 Å². The zero-order valence-corrected chi connectivity index (χ0v) is 11.6. The Morgan fingerprint density at radius 3 is 2.50 bits per heavy atom. The first kappa shape index (κ1) is 13.4. The summed E-state index contributed by atoms with van der Waals surface area (Å²) in [5.74, 6) is 0.443. The smallest absolute Gasteiger partial charge is 0.315 e. The molecule has 0 aromatic heterocycles. The number of aliphatic hydroxyl groups is 1. The Balaban J connectivity index is 1.46. The Kier molecular flexibility index (Phi) is 3.92. The first-order chi connectivity index (χ1) is 9.74. The first-order valence-corrected chi connectivity index (χ1v) is 7.54. The molecule has 2 aliphatic carbocycles. The van der Waals surface area contributed by atoms with Crippen LogP contribution < -0.4 is 10.6 Å². The van der Waals surface area contributed by atoms with Crippen LogP contribution in [0.1, 0.15) is 43.6 Å². The molecular weight excluding hydrogens is 252 g/mol. The molecule has 0 saturated heterocycles. The molecule has 2 saturated carbocycles. The standard InChI is InChI=1S/C16H22N2O2/c19-15-9-5-4-8-13(15)17-16(20)18-14-10-12(14)11-6-2-1-3-7-11/h1-3,6-7,12-15,19H,4-5,8-10H2,(H2,17,18,20). The lowest BCUT2D eigenvalue weighted by Crippen LogP contribution is -2.49. The molecule has 0 radical (unpaired) electrons. The fourth-order valence-corrected chi connectivity index (χ4v) is 3.08. The van der Waals surface area contributed by atoms with Crippen LogP contribution in [0.15, 0.2) is 30.3 Å². The predicted molar refractivity (Wildman–Crippen MR) is 77.5 cm³/mol. The molecule has 108 valence electrons. The quantitative estimate of drug-likeness (QED) is 0.791. The Hall–Kier alpha value is -1.55. The summed E-state index contributed by atoms with van der Waals surface area (Å²) in [6, 6.07) is 10.3. The zero-order chi connectivity index (χ0) is 13.9. The van der Waals surface area contributed by atoms with Crippen molar-refractivity contribution in [2.24, 2.45) is 0 Å². The number of aliphatic hydroxyl groups excluding tert-OH is 1. The number of hydrogen-bond acceptors (Lipinski definition) is 2. The minimum absolute atomic E-state index is 0.0855. The molecule has 2 fully saturated rings. The number of amides is 2. The van der Waals surface area contributed by atoms with Crippen LogP contribution in [0.5, 0.6) is 0 Å². The van der Waals surface area contributed by atoms with Crippen molar-refractivity contribution in [3.8, 4) is 0 Å². The van der Waals surface area contributed by atoms with Gasteiger partial charge >= 0.3 is 6.03 Å². The molecule has 0 spiro atoms. The van der Waals surface area contributed by atoms with Gasteiger partial charge < -0.3 is 15.7 Å². The normalized spacial score (nSPS) is 32.5. The van der Waals surface area contributed by atoms with E-state index in [0.717, 1.165) is 32.1 Å². The summed E-state index contributed by atoms with van der Waals surface area (Å²) in [6.45, 7) is 0. The Labute approximate surface area is 119 Å². The second-order valence-corrected chi connectivity index (χ2v) is 5.94. The fourth-order valence-electron chi connectivity index (χ4n) is 3.08. The third kappa shape index (κ3) is 3.12. The average Bonchev–Trinajstić information content (AvgIpc) is 3.21. The van der Waals surface area contributed by atoms with E-state index in [1.54, 1.807) is 0 Å². The molecule has 2 aliphatic rings. The summed E-state index contributed by atoms with van der Waals surface area (Å²) in [4.78, 5) is 12.0. The van der Waals surface area contributed by atoms with Crippen LogP contribution in [0.3, 0.4) is 0 Å². The van der Waals surface area contributed by atoms with Crippen molar-refractivity contribution >= 4 is 6.03 Å². The van der Waals surface area contributed by atoms with Gasteiger partial charge in [0.05, 0.1) is 12.1 Å². The Bertz CT molecular complexity index is 463. The lowest BCUT2D eigenvalue weighted by atomic mass is 9.93. The van der Waals surface area contributed by atoms with Crippen molar-refractivity contribution in [2.45, 2.75) is 56.2 Å². The SMILES string of the molecule is O=C(NC1CCCCC1O)NC1CC1c1ccccc1. The third-order valence-corrected chi connectivity index (χ3v) is 4.38. The molecular formula is C16H22N2O2. The number of benzene rings is 1. The van der Waals surface area contributed by atoms with E-state index in [1.165, 1.54) is 5.56 Å².